The van der Waals surface area contributed by atoms with Crippen LogP contribution in [0.5, 0.6) is 28.7 Å². The third-order valence-electron chi connectivity index (χ3n) is 8.91. The lowest BCUT2D eigenvalue weighted by molar-refractivity contribution is -0.139. The Kier molecular flexibility index (Phi) is 14.6. The number of methoxy groups -OCH3 is 2. The number of hydrogen-bond acceptors (Lipinski definition) is 9. The minimum Gasteiger partial charge on any atom is -0.507 e. The fraction of sp³-hybridized carbons (Fsp3) is 0.250. The van der Waals surface area contributed by atoms with E-state index in [1.807, 2.05) is 119 Å². The molecule has 0 bridgehead atoms. The van der Waals surface area contributed by atoms with Crippen LogP contribution < -0.4 is 18.9 Å². The maximum absolute atomic E-state index is 13.0. The van der Waals surface area contributed by atoms with Crippen molar-refractivity contribution in [1.82, 2.24) is 0 Å². The highest BCUT2D eigenvalue weighted by Gasteiger charge is 2.25. The van der Waals surface area contributed by atoms with Crippen molar-refractivity contribution in [3.05, 3.63) is 154 Å². The first-order valence-corrected chi connectivity index (χ1v) is 18.8. The zero-order chi connectivity index (χ0) is 40.8. The molecular weight excluding hydrogens is 721 g/mol. The number of phenols is 1. The number of carbonyl (C=O) groups excluding carboxylic acids is 2. The largest absolute Gasteiger partial charge is 0.507 e. The van der Waals surface area contributed by atoms with Gasteiger partial charge in [0.05, 0.1) is 38.4 Å². The molecule has 296 valence electrons. The Hall–Kier alpha value is -6.48. The van der Waals surface area contributed by atoms with Crippen molar-refractivity contribution in [3.8, 4) is 28.7 Å². The molecule has 1 aliphatic rings. The molecule has 0 aromatic heterocycles. The predicted octanol–water partition coefficient (Wildman–Crippen LogP) is 9.95. The zero-order valence-electron chi connectivity index (χ0n) is 33.4. The van der Waals surface area contributed by atoms with Crippen LogP contribution in [0.3, 0.4) is 0 Å². The van der Waals surface area contributed by atoms with Gasteiger partial charge in [0, 0.05) is 22.8 Å². The number of fused-ring (bicyclic) bond motifs is 1. The van der Waals surface area contributed by atoms with Gasteiger partial charge < -0.3 is 33.5 Å². The van der Waals surface area contributed by atoms with Gasteiger partial charge in [-0.2, -0.15) is 0 Å². The number of hydrogen-bond donors (Lipinski definition) is 1. The molecule has 0 unspecified atom stereocenters. The normalized spacial score (nSPS) is 12.6. The van der Waals surface area contributed by atoms with E-state index < -0.39 is 11.6 Å². The predicted molar refractivity (Wildman–Crippen MR) is 222 cm³/mol. The third-order valence-corrected chi connectivity index (χ3v) is 8.91. The molecule has 0 saturated heterocycles. The summed E-state index contributed by atoms with van der Waals surface area (Å²) < 4.78 is 33.6. The summed E-state index contributed by atoms with van der Waals surface area (Å²) in [6, 6.07) is 34.4. The Morgan fingerprint density at radius 1 is 0.772 bits per heavy atom. The van der Waals surface area contributed by atoms with Gasteiger partial charge in [0.2, 0.25) is 0 Å². The summed E-state index contributed by atoms with van der Waals surface area (Å²) in [5, 5.41) is 11.0. The summed E-state index contributed by atoms with van der Waals surface area (Å²) in [7, 11) is 2.71. The highest BCUT2D eigenvalue weighted by Crippen LogP contribution is 2.41. The Morgan fingerprint density at radius 2 is 1.44 bits per heavy atom. The van der Waals surface area contributed by atoms with Gasteiger partial charge in [0.15, 0.2) is 0 Å². The van der Waals surface area contributed by atoms with Crippen LogP contribution in [-0.2, 0) is 38.7 Å². The maximum Gasteiger partial charge on any atom is 0.338 e. The molecule has 1 heterocycles. The quantitative estimate of drug-likeness (QED) is 0.0671. The van der Waals surface area contributed by atoms with E-state index in [-0.39, 0.29) is 23.7 Å². The Balaban J connectivity index is 0.000000261. The molecule has 0 radical (unpaired) electrons. The van der Waals surface area contributed by atoms with Crippen LogP contribution in [0, 0.1) is 6.92 Å². The number of aromatic hydroxyl groups is 1. The van der Waals surface area contributed by atoms with E-state index in [2.05, 4.69) is 0 Å². The highest BCUT2D eigenvalue weighted by molar-refractivity contribution is 6.22. The minimum absolute atomic E-state index is 0.0142. The molecule has 9 nitrogen and oxygen atoms in total. The zero-order valence-corrected chi connectivity index (χ0v) is 33.4. The van der Waals surface area contributed by atoms with Crippen LogP contribution in [0.1, 0.15) is 66.1 Å². The summed E-state index contributed by atoms with van der Waals surface area (Å²) in [5.74, 6) is 1.61. The number of aryl methyl sites for hydroxylation is 1. The van der Waals surface area contributed by atoms with E-state index in [9.17, 15) is 14.7 Å². The van der Waals surface area contributed by atoms with Crippen molar-refractivity contribution in [2.75, 3.05) is 20.8 Å². The first kappa shape index (κ1) is 41.7. The molecule has 0 saturated carbocycles. The molecule has 1 aliphatic heterocycles. The summed E-state index contributed by atoms with van der Waals surface area (Å²) in [6.07, 6.45) is 6.40. The first-order chi connectivity index (χ1) is 27.5. The van der Waals surface area contributed by atoms with Crippen LogP contribution >= 0.6 is 0 Å². The number of ether oxygens (including phenoxy) is 6. The fourth-order valence-electron chi connectivity index (χ4n) is 5.88. The van der Waals surface area contributed by atoms with Crippen molar-refractivity contribution in [1.29, 1.82) is 0 Å². The summed E-state index contributed by atoms with van der Waals surface area (Å²) in [6.45, 7) is 9.27. The second-order valence-corrected chi connectivity index (χ2v) is 13.9. The molecule has 57 heavy (non-hydrogen) atoms. The van der Waals surface area contributed by atoms with Gasteiger partial charge >= 0.3 is 11.9 Å². The van der Waals surface area contributed by atoms with E-state index in [0.29, 0.717) is 53.8 Å². The molecule has 5 aromatic carbocycles. The number of phenolic OH excluding ortho intramolecular Hbond substituents is 1. The van der Waals surface area contributed by atoms with Crippen LogP contribution in [0.4, 0.5) is 0 Å². The fourth-order valence-corrected chi connectivity index (χ4v) is 5.88. The monoisotopic (exact) mass is 770 g/mol. The molecule has 0 atom stereocenters. The van der Waals surface area contributed by atoms with Crippen molar-refractivity contribution in [2.45, 2.75) is 59.4 Å². The van der Waals surface area contributed by atoms with Crippen LogP contribution in [0.2, 0.25) is 0 Å². The minimum atomic E-state index is -0.558. The van der Waals surface area contributed by atoms with Gasteiger partial charge in [-0.3, -0.25) is 4.79 Å². The summed E-state index contributed by atoms with van der Waals surface area (Å²) in [5.41, 5.74) is 5.33. The number of carbonyl (C=O) groups is 2. The molecule has 0 fully saturated rings. The van der Waals surface area contributed by atoms with Gasteiger partial charge in [-0.15, -0.1) is 0 Å². The lowest BCUT2D eigenvalue weighted by atomic mass is 9.97. The maximum atomic E-state index is 13.0. The molecule has 6 rings (SSSR count). The lowest BCUT2D eigenvalue weighted by Crippen LogP contribution is -2.27. The number of rotatable bonds is 14. The van der Waals surface area contributed by atoms with Crippen LogP contribution in [-0.4, -0.2) is 43.5 Å². The highest BCUT2D eigenvalue weighted by atomic mass is 16.5. The molecule has 0 spiro atoms. The first-order valence-electron chi connectivity index (χ1n) is 18.8. The van der Waals surface area contributed by atoms with E-state index >= 15 is 0 Å². The van der Waals surface area contributed by atoms with Gasteiger partial charge in [-0.1, -0.05) is 79.7 Å². The summed E-state index contributed by atoms with van der Waals surface area (Å²) in [4.78, 5) is 24.4. The molecule has 5 aromatic rings. The van der Waals surface area contributed by atoms with Crippen LogP contribution in [0.25, 0.3) is 17.7 Å². The molecule has 1 N–H and O–H groups in total. The molecule has 0 amide bonds. The number of esters is 2. The van der Waals surface area contributed by atoms with Crippen molar-refractivity contribution in [2.24, 2.45) is 0 Å². The number of benzene rings is 5. The standard InChI is InChI=1S/C31H32O6.C17H18O3/c1-5-17-35-23-12-13-24(28(19-23)36-20-21-9-7-6-8-10-21)26(30(33)34-4)18-22-11-14-27-25(29(22)32)15-16-31(2,3)37-27;1-13-8-9-15(11-17(18)19-2)16(10-13)20-12-14-6-4-3-5-7-14/h6-16,18-19,32H,5,17,20H2,1-4H3;3-10H,11-12H2,1-2H3. The van der Waals surface area contributed by atoms with E-state index in [4.69, 9.17) is 28.4 Å². The smallest absolute Gasteiger partial charge is 0.338 e. The summed E-state index contributed by atoms with van der Waals surface area (Å²) >= 11 is 0. The van der Waals surface area contributed by atoms with E-state index in [0.717, 1.165) is 34.4 Å². The van der Waals surface area contributed by atoms with Crippen molar-refractivity contribution in [3.63, 3.8) is 0 Å². The van der Waals surface area contributed by atoms with Crippen LogP contribution in [0.15, 0.2) is 115 Å². The Morgan fingerprint density at radius 3 is 2.07 bits per heavy atom. The Bertz CT molecular complexity index is 2190. The Labute approximate surface area is 335 Å². The van der Waals surface area contributed by atoms with Crippen molar-refractivity contribution < 1.29 is 43.1 Å². The van der Waals surface area contributed by atoms with E-state index in [1.165, 1.54) is 14.2 Å². The average Bonchev–Trinajstić information content (AvgIpc) is 3.22. The van der Waals surface area contributed by atoms with Gasteiger partial charge in [-0.25, -0.2) is 4.79 Å². The second-order valence-electron chi connectivity index (χ2n) is 13.9. The van der Waals surface area contributed by atoms with E-state index in [1.54, 1.807) is 36.4 Å². The molecular formula is C48H50O9. The molecule has 0 aliphatic carbocycles. The van der Waals surface area contributed by atoms with Gasteiger partial charge in [-0.05, 0) is 92.4 Å². The van der Waals surface area contributed by atoms with Crippen molar-refractivity contribution >= 4 is 29.7 Å². The van der Waals surface area contributed by atoms with Gasteiger partial charge in [0.1, 0.15) is 47.6 Å². The topological polar surface area (TPSA) is 110 Å². The average molecular weight is 771 g/mol. The second kappa shape index (κ2) is 19.9. The third kappa shape index (κ3) is 11.8. The SMILES string of the molecule is CCCOc1ccc(C(=Cc2ccc3c(c2O)C=CC(C)(C)O3)C(=O)OC)c(OCc2ccccc2)c1.COC(=O)Cc1ccc(C)cc1OCc1ccccc1. The van der Waals surface area contributed by atoms with Gasteiger partial charge in [0.25, 0.3) is 0 Å². The lowest BCUT2D eigenvalue weighted by Gasteiger charge is -2.28. The molecule has 9 heteroatoms.